The van der Waals surface area contributed by atoms with Crippen molar-refractivity contribution in [3.05, 3.63) is 50.3 Å². The van der Waals surface area contributed by atoms with Crippen LogP contribution >= 0.6 is 0 Å². The monoisotopic (exact) mass is 436 g/mol. The van der Waals surface area contributed by atoms with Crippen LogP contribution in [-0.4, -0.2) is 60.0 Å². The van der Waals surface area contributed by atoms with Crippen LogP contribution in [0, 0.1) is 17.0 Å². The number of aryl methyl sites for hydroxylation is 1. The van der Waals surface area contributed by atoms with Gasteiger partial charge in [-0.1, -0.05) is 0 Å². The van der Waals surface area contributed by atoms with Crippen LogP contribution in [0.3, 0.4) is 0 Å². The fraction of sp³-hybridized carbons (Fsp3) is 0.500. The third kappa shape index (κ3) is 9.01. The molecule has 2 rings (SSSR count). The molecule has 0 radical (unpaired) electrons. The second kappa shape index (κ2) is 12.5. The van der Waals surface area contributed by atoms with Crippen LogP contribution in [0.25, 0.3) is 10.9 Å². The lowest BCUT2D eigenvalue weighted by atomic mass is 10.1. The number of rotatable bonds is 14. The molecule has 0 saturated carbocycles. The van der Waals surface area contributed by atoms with Crippen molar-refractivity contribution in [2.75, 3.05) is 32.8 Å². The Kier molecular flexibility index (Phi) is 9.72. The number of ether oxygens (including phenoxy) is 1. The highest BCUT2D eigenvalue weighted by molar-refractivity contribution is 5.85. The maximum atomic E-state index is 11.6. The lowest BCUT2D eigenvalue weighted by Crippen LogP contribution is -2.37. The number of nitrogens with zero attached hydrogens (tertiary/aromatic N) is 1. The van der Waals surface area contributed by atoms with Gasteiger partial charge in [0.25, 0.3) is 5.09 Å². The summed E-state index contributed by atoms with van der Waals surface area (Å²) in [6.45, 7) is 3.11. The van der Waals surface area contributed by atoms with Crippen LogP contribution in [0.1, 0.15) is 24.8 Å². The minimum absolute atomic E-state index is 0.0158. The molecular weight excluding hydrogens is 408 g/mol. The molecule has 1 aromatic carbocycles. The summed E-state index contributed by atoms with van der Waals surface area (Å²) in [7, 11) is 0. The third-order valence-corrected chi connectivity index (χ3v) is 4.38. The van der Waals surface area contributed by atoms with Crippen molar-refractivity contribution in [1.82, 2.24) is 15.6 Å². The Morgan fingerprint density at radius 1 is 1.29 bits per heavy atom. The Labute approximate surface area is 178 Å². The van der Waals surface area contributed by atoms with Crippen molar-refractivity contribution >= 4 is 16.8 Å². The Hall–Kier alpha value is -3.18. The SMILES string of the molecule is Cc1cc(OCC(O)CNCCNC(=O)CCCCO[N+](=O)[O-])c2ccc(=O)[nH]c2c1. The largest absolute Gasteiger partial charge is 0.490 e. The molecule has 0 aliphatic heterocycles. The predicted octanol–water partition coefficient (Wildman–Crippen LogP) is 0.661. The summed E-state index contributed by atoms with van der Waals surface area (Å²) in [5.41, 5.74) is 1.42. The maximum Gasteiger partial charge on any atom is 0.294 e. The van der Waals surface area contributed by atoms with Gasteiger partial charge in [-0.3, -0.25) is 9.59 Å². The van der Waals surface area contributed by atoms with Gasteiger partial charge in [0.15, 0.2) is 0 Å². The molecule has 0 bridgehead atoms. The highest BCUT2D eigenvalue weighted by atomic mass is 16.9. The molecular formula is C20H28N4O7. The first kappa shape index (κ1) is 24.1. The molecule has 4 N–H and O–H groups in total. The number of fused-ring (bicyclic) bond motifs is 1. The van der Waals surface area contributed by atoms with Crippen molar-refractivity contribution in [1.29, 1.82) is 0 Å². The van der Waals surface area contributed by atoms with Crippen LogP contribution in [0.4, 0.5) is 0 Å². The standard InChI is InChI=1S/C20H28N4O7/c1-14-10-17-16(5-6-20(27)23-17)18(11-14)30-13-15(25)12-21-7-8-22-19(26)4-2-3-9-31-24(28)29/h5-6,10-11,15,21,25H,2-4,7-9,12-13H2,1H3,(H,22,26)(H,23,27). The molecule has 1 amide bonds. The zero-order valence-corrected chi connectivity index (χ0v) is 17.4. The van der Waals surface area contributed by atoms with E-state index in [1.54, 1.807) is 6.07 Å². The fourth-order valence-corrected chi connectivity index (χ4v) is 2.91. The van der Waals surface area contributed by atoms with Crippen LogP contribution in [-0.2, 0) is 9.63 Å². The molecule has 1 atom stereocenters. The first-order chi connectivity index (χ1) is 14.8. The molecule has 31 heavy (non-hydrogen) atoms. The number of H-pyrrole nitrogens is 1. The molecule has 0 aliphatic carbocycles. The van der Waals surface area contributed by atoms with E-state index in [0.29, 0.717) is 37.2 Å². The highest BCUT2D eigenvalue weighted by Gasteiger charge is 2.09. The number of amides is 1. The maximum absolute atomic E-state index is 11.6. The summed E-state index contributed by atoms with van der Waals surface area (Å²) < 4.78 is 5.74. The predicted molar refractivity (Wildman–Crippen MR) is 113 cm³/mol. The van der Waals surface area contributed by atoms with Gasteiger partial charge >= 0.3 is 0 Å². The summed E-state index contributed by atoms with van der Waals surface area (Å²) in [5, 5.41) is 25.8. The number of unbranched alkanes of at least 4 members (excludes halogenated alkanes) is 1. The average Bonchev–Trinajstić information content (AvgIpc) is 2.70. The summed E-state index contributed by atoms with van der Waals surface area (Å²) in [5.74, 6) is 0.442. The number of hydrogen-bond donors (Lipinski definition) is 4. The molecule has 0 fully saturated rings. The van der Waals surface area contributed by atoms with E-state index in [2.05, 4.69) is 20.5 Å². The summed E-state index contributed by atoms with van der Waals surface area (Å²) in [6.07, 6.45) is 0.457. The number of nitrogens with one attached hydrogen (secondary N) is 3. The Balaban J connectivity index is 1.61. The first-order valence-electron chi connectivity index (χ1n) is 10.0. The van der Waals surface area contributed by atoms with E-state index in [1.165, 1.54) is 6.07 Å². The van der Waals surface area contributed by atoms with Gasteiger partial charge in [0, 0.05) is 37.5 Å². The first-order valence-corrected chi connectivity index (χ1v) is 10.0. The zero-order chi connectivity index (χ0) is 22.6. The molecule has 0 aliphatic rings. The topological polar surface area (TPSA) is 156 Å². The van der Waals surface area contributed by atoms with Gasteiger partial charge in [-0.05, 0) is 43.5 Å². The summed E-state index contributed by atoms with van der Waals surface area (Å²) in [6, 6.07) is 6.82. The number of carbonyl (C=O) groups is 1. The number of hydrogen-bond acceptors (Lipinski definition) is 8. The second-order valence-electron chi connectivity index (χ2n) is 7.08. The van der Waals surface area contributed by atoms with Gasteiger partial charge in [0.2, 0.25) is 11.5 Å². The fourth-order valence-electron chi connectivity index (χ4n) is 2.91. The molecule has 11 heteroatoms. The Bertz CT molecular complexity index is 931. The minimum atomic E-state index is -0.851. The Morgan fingerprint density at radius 3 is 2.87 bits per heavy atom. The van der Waals surface area contributed by atoms with Crippen LogP contribution < -0.4 is 20.9 Å². The zero-order valence-electron chi connectivity index (χ0n) is 17.4. The number of aliphatic hydroxyl groups excluding tert-OH is 1. The van der Waals surface area contributed by atoms with Gasteiger partial charge in [-0.25, -0.2) is 0 Å². The molecule has 170 valence electrons. The van der Waals surface area contributed by atoms with E-state index < -0.39 is 11.2 Å². The number of carbonyl (C=O) groups excluding carboxylic acids is 1. The van der Waals surface area contributed by atoms with E-state index in [1.807, 2.05) is 19.1 Å². The van der Waals surface area contributed by atoms with Crippen LogP contribution in [0.5, 0.6) is 5.75 Å². The quantitative estimate of drug-likeness (QED) is 0.191. The minimum Gasteiger partial charge on any atom is -0.490 e. The molecule has 0 saturated heterocycles. The van der Waals surface area contributed by atoms with Crippen LogP contribution in [0.2, 0.25) is 0 Å². The third-order valence-electron chi connectivity index (χ3n) is 4.38. The van der Waals surface area contributed by atoms with Crippen LogP contribution in [0.15, 0.2) is 29.1 Å². The van der Waals surface area contributed by atoms with Crippen molar-refractivity contribution < 1.29 is 24.6 Å². The molecule has 1 heterocycles. The van der Waals surface area contributed by atoms with Crippen molar-refractivity contribution in [2.45, 2.75) is 32.3 Å². The molecule has 0 spiro atoms. The van der Waals surface area contributed by atoms with Crippen molar-refractivity contribution in [3.8, 4) is 5.75 Å². The van der Waals surface area contributed by atoms with E-state index in [9.17, 15) is 24.8 Å². The number of benzene rings is 1. The summed E-state index contributed by atoms with van der Waals surface area (Å²) in [4.78, 5) is 40.1. The van der Waals surface area contributed by atoms with E-state index in [-0.39, 0.29) is 37.6 Å². The average molecular weight is 436 g/mol. The second-order valence-corrected chi connectivity index (χ2v) is 7.08. The van der Waals surface area contributed by atoms with E-state index in [4.69, 9.17) is 4.74 Å². The van der Waals surface area contributed by atoms with Gasteiger partial charge in [0.05, 0.1) is 12.1 Å². The smallest absolute Gasteiger partial charge is 0.294 e. The number of aromatic nitrogens is 1. The molecule has 2 aromatic rings. The van der Waals surface area contributed by atoms with Gasteiger partial charge in [-0.15, -0.1) is 10.1 Å². The number of aromatic amines is 1. The lowest BCUT2D eigenvalue weighted by Gasteiger charge is -2.15. The normalized spacial score (nSPS) is 11.8. The molecule has 1 aromatic heterocycles. The van der Waals surface area contributed by atoms with Crippen molar-refractivity contribution in [3.63, 3.8) is 0 Å². The van der Waals surface area contributed by atoms with E-state index in [0.717, 1.165) is 10.9 Å². The lowest BCUT2D eigenvalue weighted by molar-refractivity contribution is -0.757. The van der Waals surface area contributed by atoms with Gasteiger partial charge < -0.3 is 30.3 Å². The molecule has 1 unspecified atom stereocenters. The summed E-state index contributed by atoms with van der Waals surface area (Å²) >= 11 is 0. The highest BCUT2D eigenvalue weighted by Crippen LogP contribution is 2.25. The molecule has 11 nitrogen and oxygen atoms in total. The Morgan fingerprint density at radius 2 is 2.10 bits per heavy atom. The van der Waals surface area contributed by atoms with E-state index >= 15 is 0 Å². The van der Waals surface area contributed by atoms with Crippen molar-refractivity contribution in [2.24, 2.45) is 0 Å². The number of pyridine rings is 1. The van der Waals surface area contributed by atoms with Gasteiger partial charge in [-0.2, -0.15) is 0 Å². The van der Waals surface area contributed by atoms with Gasteiger partial charge in [0.1, 0.15) is 18.5 Å². The number of aliphatic hydroxyl groups is 1.